The Morgan fingerprint density at radius 1 is 1.10 bits per heavy atom. The van der Waals surface area contributed by atoms with E-state index in [-0.39, 0.29) is 0 Å². The average Bonchev–Trinajstić information content (AvgIpc) is 3.36. The number of aromatic nitrogens is 7. The fourth-order valence-corrected chi connectivity index (χ4v) is 2.88. The van der Waals surface area contributed by atoms with E-state index in [4.69, 9.17) is 0 Å². The van der Waals surface area contributed by atoms with Crippen molar-refractivity contribution in [3.05, 3.63) is 42.4 Å². The largest absolute Gasteiger partial charge is 0.357 e. The minimum Gasteiger partial charge on any atom is -0.357 e. The summed E-state index contributed by atoms with van der Waals surface area (Å²) in [5.74, 6) is 1.13. The van der Waals surface area contributed by atoms with Crippen LogP contribution in [0.5, 0.6) is 0 Å². The van der Waals surface area contributed by atoms with Gasteiger partial charge in [-0.3, -0.25) is 5.10 Å². The monoisotopic (exact) mass is 399 g/mol. The summed E-state index contributed by atoms with van der Waals surface area (Å²) in [6.45, 7) is 0.924. The fraction of sp³-hybridized carbons (Fsp3) is 0.278. The van der Waals surface area contributed by atoms with Gasteiger partial charge < -0.3 is 10.6 Å². The van der Waals surface area contributed by atoms with Crippen molar-refractivity contribution in [2.45, 2.75) is 25.9 Å². The number of H-pyrrole nitrogens is 1. The molecule has 0 aliphatic heterocycles. The molecule has 3 aromatic heterocycles. The molecule has 3 N–H and O–H groups in total. The highest BCUT2D eigenvalue weighted by Crippen LogP contribution is 2.26. The maximum Gasteiger partial charge on any atom is 0.333 e. The number of nitrogens with zero attached hydrogens (tertiary/aromatic N) is 6. The van der Waals surface area contributed by atoms with Crippen LogP contribution in [0.4, 0.5) is 20.7 Å². The molecule has 0 atom stereocenters. The third kappa shape index (κ3) is 3.71. The molecule has 0 amide bonds. The first-order valence-electron chi connectivity index (χ1n) is 8.85. The van der Waals surface area contributed by atoms with Crippen LogP contribution >= 0.6 is 0 Å². The van der Waals surface area contributed by atoms with Crippen LogP contribution in [0.15, 0.2) is 36.7 Å². The molecular formula is C18H19F2N9. The van der Waals surface area contributed by atoms with Gasteiger partial charge >= 0.3 is 6.55 Å². The number of hydrogen-bond acceptors (Lipinski definition) is 7. The van der Waals surface area contributed by atoms with Crippen molar-refractivity contribution >= 4 is 22.8 Å². The molecule has 0 spiro atoms. The summed E-state index contributed by atoms with van der Waals surface area (Å²) in [4.78, 5) is 13.3. The van der Waals surface area contributed by atoms with Crippen LogP contribution in [0.25, 0.3) is 22.3 Å². The summed E-state index contributed by atoms with van der Waals surface area (Å²) in [7, 11) is 1.71. The minimum atomic E-state index is -2.70. The molecule has 0 aliphatic rings. The van der Waals surface area contributed by atoms with Crippen molar-refractivity contribution in [3.8, 4) is 11.4 Å². The second-order valence-electron chi connectivity index (χ2n) is 6.94. The zero-order valence-electron chi connectivity index (χ0n) is 16.0. The number of benzene rings is 1. The average molecular weight is 399 g/mol. The van der Waals surface area contributed by atoms with Gasteiger partial charge in [0, 0.05) is 24.2 Å². The van der Waals surface area contributed by atoms with E-state index in [9.17, 15) is 8.78 Å². The van der Waals surface area contributed by atoms with Gasteiger partial charge in [-0.05, 0) is 38.1 Å². The Morgan fingerprint density at radius 2 is 1.90 bits per heavy atom. The van der Waals surface area contributed by atoms with E-state index in [0.29, 0.717) is 28.1 Å². The van der Waals surface area contributed by atoms with E-state index < -0.39 is 12.1 Å². The van der Waals surface area contributed by atoms with E-state index >= 15 is 0 Å². The molecule has 1 aromatic carbocycles. The summed E-state index contributed by atoms with van der Waals surface area (Å²) in [6, 6.07) is 7.24. The topological polar surface area (TPSA) is 109 Å². The van der Waals surface area contributed by atoms with Crippen molar-refractivity contribution in [1.82, 2.24) is 34.9 Å². The SMILES string of the molecule is CNc1nc(NC(C)(C)c2ccn(C(F)F)n2)nc(-c2ccc3[nH]ncc3c2)n1. The van der Waals surface area contributed by atoms with E-state index in [1.807, 2.05) is 32.0 Å². The Hall–Kier alpha value is -3.63. The van der Waals surface area contributed by atoms with E-state index in [1.54, 1.807) is 13.2 Å². The highest BCUT2D eigenvalue weighted by atomic mass is 19.3. The zero-order valence-corrected chi connectivity index (χ0v) is 16.0. The lowest BCUT2D eigenvalue weighted by Gasteiger charge is -2.24. The smallest absolute Gasteiger partial charge is 0.333 e. The molecule has 0 bridgehead atoms. The van der Waals surface area contributed by atoms with Gasteiger partial charge in [-0.15, -0.1) is 0 Å². The molecule has 9 nitrogen and oxygen atoms in total. The fourth-order valence-electron chi connectivity index (χ4n) is 2.88. The standard InChI is InChI=1S/C18H19F2N9/c1-18(2,13-6-7-29(28-13)15(19)20)26-17-24-14(23-16(21-3)25-17)10-4-5-12-11(8-10)9-22-27-12/h4-9,15H,1-3H3,(H,22,27)(H2,21,23,24,25,26). The van der Waals surface area contributed by atoms with Crippen molar-refractivity contribution in [2.24, 2.45) is 0 Å². The molecule has 11 heteroatoms. The highest BCUT2D eigenvalue weighted by molar-refractivity contribution is 5.82. The predicted molar refractivity (Wildman–Crippen MR) is 105 cm³/mol. The molecule has 4 aromatic rings. The number of alkyl halides is 2. The van der Waals surface area contributed by atoms with E-state index in [2.05, 4.69) is 40.9 Å². The molecule has 0 aliphatic carbocycles. The first-order chi connectivity index (χ1) is 13.9. The molecule has 0 saturated heterocycles. The molecule has 4 rings (SSSR count). The molecule has 0 saturated carbocycles. The van der Waals surface area contributed by atoms with Crippen molar-refractivity contribution in [2.75, 3.05) is 17.7 Å². The third-order valence-electron chi connectivity index (χ3n) is 4.43. The summed E-state index contributed by atoms with van der Waals surface area (Å²) < 4.78 is 26.3. The number of nitrogens with one attached hydrogen (secondary N) is 3. The first kappa shape index (κ1) is 18.7. The van der Waals surface area contributed by atoms with Gasteiger partial charge in [-0.1, -0.05) is 0 Å². The van der Waals surface area contributed by atoms with Gasteiger partial charge in [-0.2, -0.15) is 33.9 Å². The maximum atomic E-state index is 12.9. The molecule has 0 fully saturated rings. The first-order valence-corrected chi connectivity index (χ1v) is 8.85. The zero-order chi connectivity index (χ0) is 20.6. The van der Waals surface area contributed by atoms with Gasteiger partial charge in [0.05, 0.1) is 22.9 Å². The number of rotatable bonds is 6. The van der Waals surface area contributed by atoms with Gasteiger partial charge in [0.1, 0.15) is 0 Å². The quantitative estimate of drug-likeness (QED) is 0.456. The molecule has 3 heterocycles. The summed E-state index contributed by atoms with van der Waals surface area (Å²) >= 11 is 0. The minimum absolute atomic E-state index is 0.295. The summed E-state index contributed by atoms with van der Waals surface area (Å²) in [5, 5.41) is 17.9. The van der Waals surface area contributed by atoms with Crippen molar-refractivity contribution in [3.63, 3.8) is 0 Å². The molecule has 0 radical (unpaired) electrons. The van der Waals surface area contributed by atoms with Gasteiger partial charge in [0.15, 0.2) is 5.82 Å². The van der Waals surface area contributed by atoms with E-state index in [1.165, 1.54) is 12.3 Å². The summed E-state index contributed by atoms with van der Waals surface area (Å²) in [6.07, 6.45) is 2.96. The van der Waals surface area contributed by atoms with Crippen LogP contribution in [-0.4, -0.2) is 42.0 Å². The van der Waals surface area contributed by atoms with Crippen LogP contribution in [0.1, 0.15) is 26.1 Å². The Balaban J connectivity index is 1.68. The molecular weight excluding hydrogens is 380 g/mol. The number of halogens is 2. The Morgan fingerprint density at radius 3 is 2.62 bits per heavy atom. The van der Waals surface area contributed by atoms with Gasteiger partial charge in [-0.25, -0.2) is 4.68 Å². The van der Waals surface area contributed by atoms with Crippen LogP contribution in [0, 0.1) is 0 Å². The van der Waals surface area contributed by atoms with Crippen LogP contribution in [-0.2, 0) is 5.54 Å². The van der Waals surface area contributed by atoms with Crippen LogP contribution in [0.3, 0.4) is 0 Å². The van der Waals surface area contributed by atoms with Crippen molar-refractivity contribution < 1.29 is 8.78 Å². The van der Waals surface area contributed by atoms with Gasteiger partial charge in [0.25, 0.3) is 0 Å². The van der Waals surface area contributed by atoms with Crippen LogP contribution in [0.2, 0.25) is 0 Å². The number of anilines is 2. The second-order valence-corrected chi connectivity index (χ2v) is 6.94. The molecule has 150 valence electrons. The third-order valence-corrected chi connectivity index (χ3v) is 4.43. The number of aromatic amines is 1. The predicted octanol–water partition coefficient (Wildman–Crippen LogP) is 3.40. The lowest BCUT2D eigenvalue weighted by Crippen LogP contribution is -2.30. The molecule has 29 heavy (non-hydrogen) atoms. The summed E-state index contributed by atoms with van der Waals surface area (Å²) in [5.41, 5.74) is 1.34. The Bertz CT molecular complexity index is 1150. The molecule has 0 unspecified atom stereocenters. The second kappa shape index (κ2) is 7.08. The maximum absolute atomic E-state index is 12.9. The van der Waals surface area contributed by atoms with Crippen LogP contribution < -0.4 is 10.6 Å². The van der Waals surface area contributed by atoms with Gasteiger partial charge in [0.2, 0.25) is 11.9 Å². The lowest BCUT2D eigenvalue weighted by molar-refractivity contribution is 0.0558. The van der Waals surface area contributed by atoms with Crippen molar-refractivity contribution in [1.29, 1.82) is 0 Å². The number of fused-ring (bicyclic) bond motifs is 1. The Labute approximate surface area is 164 Å². The number of hydrogen-bond donors (Lipinski definition) is 3. The lowest BCUT2D eigenvalue weighted by atomic mass is 10.0. The van der Waals surface area contributed by atoms with E-state index in [0.717, 1.165) is 16.5 Å². The normalized spacial score (nSPS) is 11.9. The Kier molecular flexibility index (Phi) is 4.57. The highest BCUT2D eigenvalue weighted by Gasteiger charge is 2.26.